The van der Waals surface area contributed by atoms with E-state index in [4.69, 9.17) is 4.74 Å². The van der Waals surface area contributed by atoms with Crippen LogP contribution in [-0.4, -0.2) is 28.6 Å². The van der Waals surface area contributed by atoms with Crippen LogP contribution in [0.3, 0.4) is 0 Å². The average molecular weight is 332 g/mol. The summed E-state index contributed by atoms with van der Waals surface area (Å²) >= 11 is 0. The fourth-order valence-electron chi connectivity index (χ4n) is 5.29. The quantitative estimate of drug-likeness (QED) is 0.623. The largest absolute Gasteiger partial charge is 0.462 e. The molecule has 4 nitrogen and oxygen atoms in total. The number of Topliss-reactive ketones (excluding diaryl/α,β-unsaturated/α-hetero) is 1. The number of carbonyl (C=O) groups excluding carboxylic acids is 2. The number of ketones is 1. The van der Waals surface area contributed by atoms with Gasteiger partial charge in [-0.2, -0.15) is 0 Å². The predicted molar refractivity (Wildman–Crippen MR) is 91.1 cm³/mol. The molecule has 1 aliphatic heterocycles. The zero-order valence-corrected chi connectivity index (χ0v) is 15.3. The van der Waals surface area contributed by atoms with Crippen molar-refractivity contribution in [3.8, 4) is 0 Å². The van der Waals surface area contributed by atoms with E-state index >= 15 is 0 Å². The fraction of sp³-hybridized carbons (Fsp3) is 0.700. The lowest BCUT2D eigenvalue weighted by atomic mass is 9.64. The molecule has 1 saturated carbocycles. The van der Waals surface area contributed by atoms with Gasteiger partial charge in [-0.15, -0.1) is 0 Å². The lowest BCUT2D eigenvalue weighted by Gasteiger charge is -2.43. The van der Waals surface area contributed by atoms with Gasteiger partial charge in [-0.1, -0.05) is 34.3 Å². The van der Waals surface area contributed by atoms with Gasteiger partial charge in [-0.25, -0.2) is 0 Å². The van der Waals surface area contributed by atoms with E-state index in [1.165, 1.54) is 0 Å². The first-order valence-corrected chi connectivity index (χ1v) is 8.80. The highest BCUT2D eigenvalue weighted by atomic mass is 16.6. The molecule has 0 aromatic heterocycles. The van der Waals surface area contributed by atoms with Crippen LogP contribution in [0.1, 0.15) is 53.9 Å². The van der Waals surface area contributed by atoms with Gasteiger partial charge < -0.3 is 9.84 Å². The molecule has 2 aliphatic carbocycles. The summed E-state index contributed by atoms with van der Waals surface area (Å²) in [6.45, 7) is 13.9. The van der Waals surface area contributed by atoms with Crippen LogP contribution < -0.4 is 0 Å². The Morgan fingerprint density at radius 3 is 2.54 bits per heavy atom. The molecule has 1 saturated heterocycles. The fourth-order valence-corrected chi connectivity index (χ4v) is 5.29. The second kappa shape index (κ2) is 5.04. The summed E-state index contributed by atoms with van der Waals surface area (Å²) in [6.07, 6.45) is 2.50. The van der Waals surface area contributed by atoms with E-state index in [9.17, 15) is 14.7 Å². The monoisotopic (exact) mass is 332 g/mol. The highest BCUT2D eigenvalue weighted by Gasteiger charge is 2.64. The summed E-state index contributed by atoms with van der Waals surface area (Å²) in [7, 11) is 0. The highest BCUT2D eigenvalue weighted by molar-refractivity contribution is 6.00. The number of hydrogen-bond donors (Lipinski definition) is 1. The number of fused-ring (bicyclic) bond motifs is 2. The van der Waals surface area contributed by atoms with E-state index in [0.717, 1.165) is 0 Å². The summed E-state index contributed by atoms with van der Waals surface area (Å²) in [5.41, 5.74) is -1.36. The van der Waals surface area contributed by atoms with Crippen LogP contribution in [0.5, 0.6) is 0 Å². The maximum absolute atomic E-state index is 12.8. The molecule has 132 valence electrons. The minimum atomic E-state index is -1.42. The molecule has 4 heteroatoms. The van der Waals surface area contributed by atoms with Crippen LogP contribution in [-0.2, 0) is 14.3 Å². The van der Waals surface area contributed by atoms with Gasteiger partial charge in [0.1, 0.15) is 11.7 Å². The third-order valence-electron chi connectivity index (χ3n) is 6.92. The van der Waals surface area contributed by atoms with E-state index < -0.39 is 17.1 Å². The Balaban J connectivity index is 2.24. The lowest BCUT2D eigenvalue weighted by Crippen LogP contribution is -2.50. The second-order valence-corrected chi connectivity index (χ2v) is 8.78. The standard InChI is InChI=1S/C20H28O4/c1-11(2)13-7-15(21)14-8-20(23,12(3)4)19(6)10-17(22)24-16(19)9-18(13,14)5/h8,11,13,16,23H,3,7,9-10H2,1-2,4-6H3/t13-,16+,18-,19+,20+/m0/s1. The molecular formula is C20H28O4. The molecule has 0 unspecified atom stereocenters. The topological polar surface area (TPSA) is 63.6 Å². The normalized spacial score (nSPS) is 44.7. The molecule has 0 bridgehead atoms. The van der Waals surface area contributed by atoms with Crippen LogP contribution in [0.4, 0.5) is 0 Å². The Hall–Kier alpha value is -1.42. The number of carbonyl (C=O) groups is 2. The smallest absolute Gasteiger partial charge is 0.306 e. The molecule has 0 aromatic carbocycles. The van der Waals surface area contributed by atoms with Crippen molar-refractivity contribution in [1.29, 1.82) is 0 Å². The Morgan fingerprint density at radius 1 is 1.38 bits per heavy atom. The maximum Gasteiger partial charge on any atom is 0.306 e. The summed E-state index contributed by atoms with van der Waals surface area (Å²) in [5, 5.41) is 11.5. The molecule has 0 amide bonds. The van der Waals surface area contributed by atoms with Crippen molar-refractivity contribution < 1.29 is 19.4 Å². The minimum Gasteiger partial charge on any atom is -0.462 e. The zero-order valence-electron chi connectivity index (χ0n) is 15.3. The number of rotatable bonds is 2. The average Bonchev–Trinajstić information content (AvgIpc) is 2.85. The zero-order chi connectivity index (χ0) is 18.1. The van der Waals surface area contributed by atoms with E-state index in [0.29, 0.717) is 29.9 Å². The first-order valence-electron chi connectivity index (χ1n) is 8.80. The molecule has 0 spiro atoms. The van der Waals surface area contributed by atoms with E-state index in [1.54, 1.807) is 13.0 Å². The van der Waals surface area contributed by atoms with Gasteiger partial charge in [0.25, 0.3) is 0 Å². The number of allylic oxidation sites excluding steroid dienone is 1. The molecular weight excluding hydrogens is 304 g/mol. The molecule has 0 radical (unpaired) electrons. The third-order valence-corrected chi connectivity index (χ3v) is 6.92. The maximum atomic E-state index is 12.8. The van der Waals surface area contributed by atoms with Crippen molar-refractivity contribution in [3.63, 3.8) is 0 Å². The molecule has 3 aliphatic rings. The Morgan fingerprint density at radius 2 is 2.00 bits per heavy atom. The summed E-state index contributed by atoms with van der Waals surface area (Å²) < 4.78 is 5.65. The summed E-state index contributed by atoms with van der Waals surface area (Å²) in [6, 6.07) is 0. The van der Waals surface area contributed by atoms with Crippen molar-refractivity contribution in [3.05, 3.63) is 23.8 Å². The molecule has 24 heavy (non-hydrogen) atoms. The van der Waals surface area contributed by atoms with Crippen LogP contribution in [0.25, 0.3) is 0 Å². The first-order chi connectivity index (χ1) is 11.0. The highest BCUT2D eigenvalue weighted by Crippen LogP contribution is 2.61. The molecule has 3 rings (SSSR count). The lowest BCUT2D eigenvalue weighted by molar-refractivity contribution is -0.143. The van der Waals surface area contributed by atoms with Gasteiger partial charge >= 0.3 is 5.97 Å². The Kier molecular flexibility index (Phi) is 3.66. The molecule has 1 heterocycles. The van der Waals surface area contributed by atoms with Gasteiger partial charge in [0.15, 0.2) is 5.78 Å². The van der Waals surface area contributed by atoms with Crippen LogP contribution in [0.15, 0.2) is 23.8 Å². The first kappa shape index (κ1) is 17.4. The number of hydrogen-bond acceptors (Lipinski definition) is 4. The van der Waals surface area contributed by atoms with Gasteiger partial charge in [0.2, 0.25) is 0 Å². The molecule has 2 fully saturated rings. The third kappa shape index (κ3) is 2.01. The van der Waals surface area contributed by atoms with E-state index in [2.05, 4.69) is 27.4 Å². The molecule has 5 atom stereocenters. The van der Waals surface area contributed by atoms with Crippen molar-refractivity contribution in [2.45, 2.75) is 65.6 Å². The van der Waals surface area contributed by atoms with E-state index in [-0.39, 0.29) is 29.5 Å². The summed E-state index contributed by atoms with van der Waals surface area (Å²) in [5.74, 6) is 0.343. The van der Waals surface area contributed by atoms with Gasteiger partial charge in [0.05, 0.1) is 11.8 Å². The van der Waals surface area contributed by atoms with Crippen molar-refractivity contribution in [2.75, 3.05) is 0 Å². The van der Waals surface area contributed by atoms with Crippen LogP contribution in [0, 0.1) is 22.7 Å². The minimum absolute atomic E-state index is 0.103. The molecule has 0 aromatic rings. The molecule has 1 N–H and O–H groups in total. The van der Waals surface area contributed by atoms with Crippen LogP contribution in [0.2, 0.25) is 0 Å². The van der Waals surface area contributed by atoms with Crippen molar-refractivity contribution >= 4 is 11.8 Å². The second-order valence-electron chi connectivity index (χ2n) is 8.78. The number of esters is 1. The van der Waals surface area contributed by atoms with Gasteiger partial charge in [0, 0.05) is 17.4 Å². The van der Waals surface area contributed by atoms with Gasteiger partial charge in [-0.3, -0.25) is 9.59 Å². The number of aliphatic hydroxyl groups is 1. The van der Waals surface area contributed by atoms with Crippen molar-refractivity contribution in [1.82, 2.24) is 0 Å². The predicted octanol–water partition coefficient (Wildman–Crippen LogP) is 3.20. The number of ether oxygens (including phenoxy) is 1. The van der Waals surface area contributed by atoms with Gasteiger partial charge in [-0.05, 0) is 36.8 Å². The SMILES string of the molecule is C=C(C)[C@]1(O)C=C2C(=O)C[C@@H](C(C)C)[C@]2(C)C[C@H]2OC(=O)C[C@]21C. The Bertz CT molecular complexity index is 661. The summed E-state index contributed by atoms with van der Waals surface area (Å²) in [4.78, 5) is 24.8. The van der Waals surface area contributed by atoms with E-state index in [1.807, 2.05) is 6.92 Å². The van der Waals surface area contributed by atoms with Crippen LogP contribution >= 0.6 is 0 Å². The Labute approximate surface area is 144 Å². The van der Waals surface area contributed by atoms with Crippen molar-refractivity contribution in [2.24, 2.45) is 22.7 Å².